The number of ether oxygens (including phenoxy) is 1. The van der Waals surface area contributed by atoms with Gasteiger partial charge < -0.3 is 10.1 Å². The van der Waals surface area contributed by atoms with Gasteiger partial charge in [-0.3, -0.25) is 14.9 Å². The van der Waals surface area contributed by atoms with E-state index in [0.29, 0.717) is 6.42 Å². The number of hydrogen-bond donors (Lipinski definition) is 1. The Morgan fingerprint density at radius 1 is 1.26 bits per heavy atom. The molecule has 0 unspecified atom stereocenters. The van der Waals surface area contributed by atoms with Gasteiger partial charge in [0.2, 0.25) is 0 Å². The van der Waals surface area contributed by atoms with Crippen LogP contribution in [0.25, 0.3) is 0 Å². The summed E-state index contributed by atoms with van der Waals surface area (Å²) >= 11 is 5.69. The minimum atomic E-state index is -1.10. The number of carbonyl (C=O) groups is 2. The van der Waals surface area contributed by atoms with Crippen LogP contribution in [0.1, 0.15) is 22.8 Å². The summed E-state index contributed by atoms with van der Waals surface area (Å²) in [6.45, 7) is 1.66. The van der Waals surface area contributed by atoms with Crippen molar-refractivity contribution in [1.29, 1.82) is 0 Å². The minimum Gasteiger partial charge on any atom is -0.449 e. The molecule has 27 heavy (non-hydrogen) atoms. The summed E-state index contributed by atoms with van der Waals surface area (Å²) in [4.78, 5) is 34.2. The summed E-state index contributed by atoms with van der Waals surface area (Å²) in [5.41, 5.74) is 0.328. The molecule has 1 amide bonds. The molecule has 7 nitrogen and oxygen atoms in total. The second-order valence-corrected chi connectivity index (χ2v) is 6.05. The van der Waals surface area contributed by atoms with Gasteiger partial charge in [0.15, 0.2) is 6.10 Å². The van der Waals surface area contributed by atoms with Crippen LogP contribution in [0.4, 0.5) is 10.1 Å². The summed E-state index contributed by atoms with van der Waals surface area (Å²) in [6, 6.07) is 9.35. The smallest absolute Gasteiger partial charge is 0.339 e. The highest BCUT2D eigenvalue weighted by molar-refractivity contribution is 6.32. The van der Waals surface area contributed by atoms with Gasteiger partial charge in [0, 0.05) is 12.6 Å². The van der Waals surface area contributed by atoms with Crippen LogP contribution in [0.5, 0.6) is 0 Å². The molecule has 9 heteroatoms. The van der Waals surface area contributed by atoms with Crippen molar-refractivity contribution in [2.45, 2.75) is 19.4 Å². The van der Waals surface area contributed by atoms with Crippen LogP contribution in [0, 0.1) is 15.9 Å². The highest BCUT2D eigenvalue weighted by atomic mass is 35.5. The van der Waals surface area contributed by atoms with Crippen LogP contribution in [0.3, 0.4) is 0 Å². The second kappa shape index (κ2) is 9.09. The third-order valence-corrected chi connectivity index (χ3v) is 3.98. The first-order chi connectivity index (χ1) is 12.8. The highest BCUT2D eigenvalue weighted by Gasteiger charge is 2.21. The summed E-state index contributed by atoms with van der Waals surface area (Å²) in [6.07, 6.45) is -0.615. The van der Waals surface area contributed by atoms with Gasteiger partial charge in [0.05, 0.1) is 10.5 Å². The predicted octanol–water partition coefficient (Wildman–Crippen LogP) is 3.29. The summed E-state index contributed by atoms with van der Waals surface area (Å²) < 4.78 is 17.9. The van der Waals surface area contributed by atoms with E-state index in [4.69, 9.17) is 16.3 Å². The third kappa shape index (κ3) is 5.75. The zero-order valence-electron chi connectivity index (χ0n) is 14.3. The van der Waals surface area contributed by atoms with E-state index in [1.807, 2.05) is 0 Å². The Morgan fingerprint density at radius 2 is 1.93 bits per heavy atom. The highest BCUT2D eigenvalue weighted by Crippen LogP contribution is 2.25. The number of nitro groups is 1. The maximum absolute atomic E-state index is 12.8. The lowest BCUT2D eigenvalue weighted by atomic mass is 10.1. The number of rotatable bonds is 7. The zero-order chi connectivity index (χ0) is 20.0. The van der Waals surface area contributed by atoms with Gasteiger partial charge in [-0.05, 0) is 43.2 Å². The first-order valence-electron chi connectivity index (χ1n) is 7.95. The van der Waals surface area contributed by atoms with Gasteiger partial charge in [0.25, 0.3) is 11.6 Å². The van der Waals surface area contributed by atoms with E-state index in [0.717, 1.165) is 11.6 Å². The summed E-state index contributed by atoms with van der Waals surface area (Å²) in [5.74, 6) is -1.74. The van der Waals surface area contributed by atoms with Crippen LogP contribution >= 0.6 is 11.6 Å². The molecule has 0 bridgehead atoms. The molecule has 0 spiro atoms. The number of hydrogen-bond acceptors (Lipinski definition) is 5. The number of nitrogens with one attached hydrogen (secondary N) is 1. The number of nitrogens with zero attached hydrogens (tertiary/aromatic N) is 1. The van der Waals surface area contributed by atoms with Crippen LogP contribution in [0.15, 0.2) is 42.5 Å². The lowest BCUT2D eigenvalue weighted by molar-refractivity contribution is -0.384. The first-order valence-corrected chi connectivity index (χ1v) is 8.33. The maximum atomic E-state index is 12.8. The molecule has 0 aliphatic heterocycles. The van der Waals surface area contributed by atoms with Gasteiger partial charge in [-0.1, -0.05) is 23.7 Å². The van der Waals surface area contributed by atoms with E-state index in [-0.39, 0.29) is 22.9 Å². The molecular formula is C18H16ClFN2O5. The van der Waals surface area contributed by atoms with Gasteiger partial charge in [-0.25, -0.2) is 9.18 Å². The molecule has 0 aromatic heterocycles. The van der Waals surface area contributed by atoms with E-state index >= 15 is 0 Å². The molecular weight excluding hydrogens is 379 g/mol. The summed E-state index contributed by atoms with van der Waals surface area (Å²) in [5, 5.41) is 13.4. The van der Waals surface area contributed by atoms with E-state index in [2.05, 4.69) is 5.32 Å². The van der Waals surface area contributed by atoms with Crippen molar-refractivity contribution < 1.29 is 23.6 Å². The molecule has 0 aliphatic carbocycles. The Morgan fingerprint density at radius 3 is 2.56 bits per heavy atom. The molecule has 0 radical (unpaired) electrons. The van der Waals surface area contributed by atoms with Crippen LogP contribution in [-0.2, 0) is 16.0 Å². The molecule has 1 N–H and O–H groups in total. The fourth-order valence-electron chi connectivity index (χ4n) is 2.19. The van der Waals surface area contributed by atoms with Crippen molar-refractivity contribution in [2.75, 3.05) is 6.54 Å². The number of carbonyl (C=O) groups excluding carboxylic acids is 2. The van der Waals surface area contributed by atoms with Gasteiger partial charge >= 0.3 is 5.97 Å². The Kier molecular flexibility index (Phi) is 6.84. The quantitative estimate of drug-likeness (QED) is 0.441. The molecule has 2 aromatic rings. The Labute approximate surface area is 159 Å². The van der Waals surface area contributed by atoms with Gasteiger partial charge in [-0.15, -0.1) is 0 Å². The molecule has 0 heterocycles. The SMILES string of the molecule is C[C@@H](OC(=O)c1ccc(Cl)c([N+](=O)[O-])c1)C(=O)NCCc1ccc(F)cc1. The van der Waals surface area contributed by atoms with Crippen molar-refractivity contribution in [3.8, 4) is 0 Å². The van der Waals surface area contributed by atoms with E-state index in [1.165, 1.54) is 31.2 Å². The van der Waals surface area contributed by atoms with E-state index in [9.17, 15) is 24.1 Å². The monoisotopic (exact) mass is 394 g/mol. The van der Waals surface area contributed by atoms with Crippen LogP contribution < -0.4 is 5.32 Å². The topological polar surface area (TPSA) is 98.5 Å². The third-order valence-electron chi connectivity index (χ3n) is 3.66. The fraction of sp³-hybridized carbons (Fsp3) is 0.222. The Hall–Kier alpha value is -3.00. The molecule has 0 saturated heterocycles. The fourth-order valence-corrected chi connectivity index (χ4v) is 2.37. The van der Waals surface area contributed by atoms with E-state index < -0.39 is 28.6 Å². The van der Waals surface area contributed by atoms with Crippen molar-refractivity contribution in [2.24, 2.45) is 0 Å². The normalized spacial score (nSPS) is 11.5. The predicted molar refractivity (Wildman–Crippen MR) is 96.1 cm³/mol. The molecule has 2 aromatic carbocycles. The lowest BCUT2D eigenvalue weighted by Crippen LogP contribution is -2.36. The van der Waals surface area contributed by atoms with Crippen LogP contribution in [-0.4, -0.2) is 29.4 Å². The van der Waals surface area contributed by atoms with Crippen molar-refractivity contribution >= 4 is 29.2 Å². The van der Waals surface area contributed by atoms with E-state index in [1.54, 1.807) is 12.1 Å². The Bertz CT molecular complexity index is 857. The molecule has 142 valence electrons. The Balaban J connectivity index is 1.88. The van der Waals surface area contributed by atoms with Crippen molar-refractivity contribution in [1.82, 2.24) is 5.32 Å². The zero-order valence-corrected chi connectivity index (χ0v) is 15.0. The minimum absolute atomic E-state index is 0.0861. The second-order valence-electron chi connectivity index (χ2n) is 5.64. The molecule has 2 rings (SSSR count). The number of halogens is 2. The van der Waals surface area contributed by atoms with Crippen molar-refractivity contribution in [3.63, 3.8) is 0 Å². The number of amides is 1. The maximum Gasteiger partial charge on any atom is 0.339 e. The standard InChI is InChI=1S/C18H16ClFN2O5/c1-11(17(23)21-9-8-12-2-5-14(20)6-3-12)27-18(24)13-4-7-15(19)16(10-13)22(25)26/h2-7,10-11H,8-9H2,1H3,(H,21,23)/t11-/m1/s1. The van der Waals surface area contributed by atoms with Crippen molar-refractivity contribution in [3.05, 3.63) is 74.5 Å². The van der Waals surface area contributed by atoms with Gasteiger partial charge in [-0.2, -0.15) is 0 Å². The molecule has 0 fully saturated rings. The average Bonchev–Trinajstić information content (AvgIpc) is 2.63. The molecule has 1 atom stereocenters. The average molecular weight is 395 g/mol. The first kappa shape index (κ1) is 20.3. The van der Waals surface area contributed by atoms with Crippen LogP contribution in [0.2, 0.25) is 5.02 Å². The number of benzene rings is 2. The largest absolute Gasteiger partial charge is 0.449 e. The summed E-state index contributed by atoms with van der Waals surface area (Å²) in [7, 11) is 0. The number of nitro benzene ring substituents is 1. The number of esters is 1. The molecule has 0 saturated carbocycles. The lowest BCUT2D eigenvalue weighted by Gasteiger charge is -2.13. The van der Waals surface area contributed by atoms with Gasteiger partial charge in [0.1, 0.15) is 10.8 Å². The molecule has 0 aliphatic rings.